The number of hydrogen-bond donors (Lipinski definition) is 3. The standard InChI is InChI=1S/C13H24N2O4/c1-19-10(7-12(17)18)9-15-11(16)8-13(14)5-3-2-4-6-13/h10H,2-9,14H2,1H3,(H,15,16)(H,17,18). The van der Waals surface area contributed by atoms with E-state index in [-0.39, 0.29) is 18.9 Å². The molecule has 6 heteroatoms. The molecule has 0 heterocycles. The van der Waals surface area contributed by atoms with Gasteiger partial charge in [-0.3, -0.25) is 9.59 Å². The van der Waals surface area contributed by atoms with Crippen LogP contribution in [0, 0.1) is 0 Å². The van der Waals surface area contributed by atoms with E-state index in [1.165, 1.54) is 13.5 Å². The largest absolute Gasteiger partial charge is 0.481 e. The maximum absolute atomic E-state index is 11.8. The number of nitrogens with two attached hydrogens (primary N) is 1. The van der Waals surface area contributed by atoms with Crippen LogP contribution in [0.5, 0.6) is 0 Å². The van der Waals surface area contributed by atoms with Gasteiger partial charge in [0, 0.05) is 25.6 Å². The molecule has 4 N–H and O–H groups in total. The molecule has 1 aliphatic carbocycles. The van der Waals surface area contributed by atoms with Crippen LogP contribution in [-0.4, -0.2) is 42.3 Å². The van der Waals surface area contributed by atoms with E-state index in [0.29, 0.717) is 6.42 Å². The van der Waals surface area contributed by atoms with Crippen LogP contribution in [-0.2, 0) is 14.3 Å². The summed E-state index contributed by atoms with van der Waals surface area (Å²) in [7, 11) is 1.44. The quantitative estimate of drug-likeness (QED) is 0.631. The first-order valence-corrected chi connectivity index (χ1v) is 6.75. The summed E-state index contributed by atoms with van der Waals surface area (Å²) in [6.07, 6.45) is 4.77. The van der Waals surface area contributed by atoms with Crippen LogP contribution < -0.4 is 11.1 Å². The first-order chi connectivity index (χ1) is 8.95. The van der Waals surface area contributed by atoms with Crippen molar-refractivity contribution in [2.75, 3.05) is 13.7 Å². The van der Waals surface area contributed by atoms with Crippen LogP contribution in [0.2, 0.25) is 0 Å². The Balaban J connectivity index is 2.31. The summed E-state index contributed by atoms with van der Waals surface area (Å²) in [5.41, 5.74) is 5.80. The zero-order valence-electron chi connectivity index (χ0n) is 11.5. The highest BCUT2D eigenvalue weighted by Gasteiger charge is 2.30. The number of ether oxygens (including phenoxy) is 1. The summed E-state index contributed by atoms with van der Waals surface area (Å²) < 4.78 is 5.00. The van der Waals surface area contributed by atoms with Gasteiger partial charge in [-0.15, -0.1) is 0 Å². The third-order valence-corrected chi connectivity index (χ3v) is 3.62. The highest BCUT2D eigenvalue weighted by molar-refractivity contribution is 5.77. The van der Waals surface area contributed by atoms with Gasteiger partial charge in [0.05, 0.1) is 12.5 Å². The van der Waals surface area contributed by atoms with Crippen molar-refractivity contribution in [3.05, 3.63) is 0 Å². The highest BCUT2D eigenvalue weighted by atomic mass is 16.5. The molecule has 0 aliphatic heterocycles. The van der Waals surface area contributed by atoms with Crippen LogP contribution in [0.4, 0.5) is 0 Å². The number of hydrogen-bond acceptors (Lipinski definition) is 4. The van der Waals surface area contributed by atoms with Crippen LogP contribution >= 0.6 is 0 Å². The lowest BCUT2D eigenvalue weighted by molar-refractivity contribution is -0.140. The van der Waals surface area contributed by atoms with E-state index in [2.05, 4.69) is 5.32 Å². The van der Waals surface area contributed by atoms with Crippen LogP contribution in [0.3, 0.4) is 0 Å². The lowest BCUT2D eigenvalue weighted by atomic mass is 9.80. The second-order valence-electron chi connectivity index (χ2n) is 5.36. The molecule has 0 spiro atoms. The van der Waals surface area contributed by atoms with Crippen LogP contribution in [0.15, 0.2) is 0 Å². The molecular weight excluding hydrogens is 248 g/mol. The van der Waals surface area contributed by atoms with E-state index < -0.39 is 17.6 Å². The lowest BCUT2D eigenvalue weighted by Crippen LogP contribution is -2.47. The number of carboxylic acid groups (broad SMARTS) is 1. The van der Waals surface area contributed by atoms with Crippen LogP contribution in [0.25, 0.3) is 0 Å². The van der Waals surface area contributed by atoms with Crippen molar-refractivity contribution >= 4 is 11.9 Å². The maximum atomic E-state index is 11.8. The Morgan fingerprint density at radius 2 is 2.00 bits per heavy atom. The molecule has 0 radical (unpaired) electrons. The number of carbonyl (C=O) groups is 2. The minimum atomic E-state index is -0.941. The number of rotatable bonds is 7. The highest BCUT2D eigenvalue weighted by Crippen LogP contribution is 2.28. The molecule has 0 bridgehead atoms. The number of nitrogens with one attached hydrogen (secondary N) is 1. The predicted octanol–water partition coefficient (Wildman–Crippen LogP) is 0.644. The summed E-state index contributed by atoms with van der Waals surface area (Å²) >= 11 is 0. The molecule has 110 valence electrons. The average Bonchev–Trinajstić information content (AvgIpc) is 2.34. The Hall–Kier alpha value is -1.14. The van der Waals surface area contributed by atoms with Crippen molar-refractivity contribution in [1.82, 2.24) is 5.32 Å². The van der Waals surface area contributed by atoms with Gasteiger partial charge in [0.25, 0.3) is 0 Å². The SMILES string of the molecule is COC(CNC(=O)CC1(N)CCCCC1)CC(=O)O. The van der Waals surface area contributed by atoms with Gasteiger partial charge in [-0.25, -0.2) is 0 Å². The Labute approximate surface area is 113 Å². The van der Waals surface area contributed by atoms with E-state index in [9.17, 15) is 9.59 Å². The Kier molecular flexibility index (Phi) is 6.24. The molecule has 1 rings (SSSR count). The number of aliphatic carboxylic acids is 1. The van der Waals surface area contributed by atoms with Gasteiger partial charge in [-0.1, -0.05) is 19.3 Å². The first-order valence-electron chi connectivity index (χ1n) is 6.75. The fourth-order valence-corrected chi connectivity index (χ4v) is 2.48. The molecular formula is C13H24N2O4. The molecule has 0 aromatic rings. The van der Waals surface area contributed by atoms with Crippen molar-refractivity contribution in [3.63, 3.8) is 0 Å². The molecule has 1 aliphatic rings. The molecule has 6 nitrogen and oxygen atoms in total. The molecule has 1 unspecified atom stereocenters. The monoisotopic (exact) mass is 272 g/mol. The van der Waals surface area contributed by atoms with Gasteiger partial charge in [0.2, 0.25) is 5.91 Å². The zero-order valence-corrected chi connectivity index (χ0v) is 11.5. The molecule has 0 saturated heterocycles. The maximum Gasteiger partial charge on any atom is 0.306 e. The lowest BCUT2D eigenvalue weighted by Gasteiger charge is -2.32. The van der Waals surface area contributed by atoms with Crippen molar-refractivity contribution < 1.29 is 19.4 Å². The van der Waals surface area contributed by atoms with Crippen molar-refractivity contribution in [2.45, 2.75) is 56.6 Å². The molecule has 1 amide bonds. The Morgan fingerprint density at radius 3 is 2.53 bits per heavy atom. The average molecular weight is 272 g/mol. The fourth-order valence-electron chi connectivity index (χ4n) is 2.48. The minimum absolute atomic E-state index is 0.120. The normalized spacial score (nSPS) is 19.7. The van der Waals surface area contributed by atoms with E-state index in [1.807, 2.05) is 0 Å². The molecule has 0 aromatic carbocycles. The molecule has 1 fully saturated rings. The van der Waals surface area contributed by atoms with Gasteiger partial charge in [0.15, 0.2) is 0 Å². The van der Waals surface area contributed by atoms with Crippen molar-refractivity contribution in [1.29, 1.82) is 0 Å². The van der Waals surface area contributed by atoms with Crippen molar-refractivity contribution in [2.24, 2.45) is 5.73 Å². The number of carbonyl (C=O) groups excluding carboxylic acids is 1. The Morgan fingerprint density at radius 1 is 1.37 bits per heavy atom. The number of carboxylic acids is 1. The van der Waals surface area contributed by atoms with E-state index in [0.717, 1.165) is 25.7 Å². The zero-order chi connectivity index (χ0) is 14.3. The third kappa shape index (κ3) is 6.02. The summed E-state index contributed by atoms with van der Waals surface area (Å²) in [4.78, 5) is 22.4. The Bertz CT molecular complexity index is 314. The van der Waals surface area contributed by atoms with E-state index >= 15 is 0 Å². The predicted molar refractivity (Wildman–Crippen MR) is 70.7 cm³/mol. The first kappa shape index (κ1) is 15.9. The van der Waals surface area contributed by atoms with Gasteiger partial charge in [-0.2, -0.15) is 0 Å². The topological polar surface area (TPSA) is 102 Å². The van der Waals surface area contributed by atoms with E-state index in [1.54, 1.807) is 0 Å². The summed E-state index contributed by atoms with van der Waals surface area (Å²) in [5, 5.41) is 11.4. The number of methoxy groups -OCH3 is 1. The summed E-state index contributed by atoms with van der Waals surface area (Å²) in [5.74, 6) is -1.07. The third-order valence-electron chi connectivity index (χ3n) is 3.62. The summed E-state index contributed by atoms with van der Waals surface area (Å²) in [6.45, 7) is 0.206. The van der Waals surface area contributed by atoms with Gasteiger partial charge >= 0.3 is 5.97 Å². The minimum Gasteiger partial charge on any atom is -0.481 e. The molecule has 19 heavy (non-hydrogen) atoms. The van der Waals surface area contributed by atoms with Gasteiger partial charge in [-0.05, 0) is 12.8 Å². The van der Waals surface area contributed by atoms with E-state index in [4.69, 9.17) is 15.6 Å². The van der Waals surface area contributed by atoms with Gasteiger partial charge in [0.1, 0.15) is 0 Å². The van der Waals surface area contributed by atoms with Crippen molar-refractivity contribution in [3.8, 4) is 0 Å². The van der Waals surface area contributed by atoms with Gasteiger partial charge < -0.3 is 20.9 Å². The summed E-state index contributed by atoms with van der Waals surface area (Å²) in [6, 6.07) is 0. The fraction of sp³-hybridized carbons (Fsp3) is 0.846. The second-order valence-corrected chi connectivity index (χ2v) is 5.36. The molecule has 0 aromatic heterocycles. The smallest absolute Gasteiger partial charge is 0.306 e. The number of amides is 1. The second kappa shape index (κ2) is 7.45. The molecule has 1 atom stereocenters. The van der Waals surface area contributed by atoms with Crippen LogP contribution in [0.1, 0.15) is 44.9 Å². The molecule has 1 saturated carbocycles.